The molecule has 2 aromatic rings. The molecule has 27 heavy (non-hydrogen) atoms. The topological polar surface area (TPSA) is 18.8 Å². The molecule has 3 nitrogen and oxygen atoms in total. The van der Waals surface area contributed by atoms with Crippen molar-refractivity contribution < 1.29 is 0 Å². The van der Waals surface area contributed by atoms with E-state index in [2.05, 4.69) is 81.7 Å². The summed E-state index contributed by atoms with van der Waals surface area (Å²) in [6.45, 7) is 4.36. The van der Waals surface area contributed by atoms with Crippen LogP contribution >= 0.6 is 0 Å². The van der Waals surface area contributed by atoms with Gasteiger partial charge in [0.05, 0.1) is 13.2 Å². The molecule has 0 spiro atoms. The summed E-state index contributed by atoms with van der Waals surface area (Å²) in [6, 6.07) is 21.6. The Labute approximate surface area is 163 Å². The molecule has 0 atom stereocenters. The molecule has 0 radical (unpaired) electrons. The van der Waals surface area contributed by atoms with E-state index in [0.29, 0.717) is 0 Å². The van der Waals surface area contributed by atoms with Crippen molar-refractivity contribution in [1.29, 1.82) is 0 Å². The van der Waals surface area contributed by atoms with Gasteiger partial charge in [-0.05, 0) is 36.3 Å². The van der Waals surface area contributed by atoms with E-state index >= 15 is 0 Å². The Bertz CT molecular complexity index is 759. The van der Waals surface area contributed by atoms with Crippen LogP contribution in [0.1, 0.15) is 24.0 Å². The predicted molar refractivity (Wildman–Crippen MR) is 113 cm³/mol. The molecular formula is C24H29N3. The molecule has 2 aliphatic rings. The highest BCUT2D eigenvalue weighted by molar-refractivity contribution is 5.89. The maximum Gasteiger partial charge on any atom is 0.0706 e. The van der Waals surface area contributed by atoms with E-state index in [1.165, 1.54) is 49.2 Å². The van der Waals surface area contributed by atoms with Crippen molar-refractivity contribution in [3.8, 4) is 0 Å². The zero-order valence-corrected chi connectivity index (χ0v) is 16.0. The van der Waals surface area contributed by atoms with E-state index in [1.54, 1.807) is 0 Å². The first-order valence-corrected chi connectivity index (χ1v) is 10.1. The number of nitrogens with zero attached hydrogens (tertiary/aromatic N) is 3. The molecule has 2 heterocycles. The number of aliphatic imine (C=N–C) groups is 1. The zero-order valence-electron chi connectivity index (χ0n) is 16.0. The van der Waals surface area contributed by atoms with E-state index in [9.17, 15) is 0 Å². The smallest absolute Gasteiger partial charge is 0.0706 e. The van der Waals surface area contributed by atoms with Crippen molar-refractivity contribution in [3.05, 3.63) is 84.2 Å². The van der Waals surface area contributed by atoms with Gasteiger partial charge in [0, 0.05) is 37.6 Å². The Balaban J connectivity index is 1.22. The maximum absolute atomic E-state index is 4.60. The summed E-state index contributed by atoms with van der Waals surface area (Å²) < 4.78 is 0. The van der Waals surface area contributed by atoms with Crippen LogP contribution in [0.3, 0.4) is 0 Å². The van der Waals surface area contributed by atoms with Gasteiger partial charge in [0.25, 0.3) is 0 Å². The van der Waals surface area contributed by atoms with Gasteiger partial charge in [-0.2, -0.15) is 0 Å². The van der Waals surface area contributed by atoms with Crippen molar-refractivity contribution in [2.24, 2.45) is 10.9 Å². The minimum Gasteiger partial charge on any atom is -0.358 e. The van der Waals surface area contributed by atoms with Gasteiger partial charge in [0.1, 0.15) is 0 Å². The maximum atomic E-state index is 4.60. The molecule has 0 aliphatic carbocycles. The van der Waals surface area contributed by atoms with Crippen LogP contribution in [0.25, 0.3) is 0 Å². The van der Waals surface area contributed by atoms with E-state index < -0.39 is 0 Å². The van der Waals surface area contributed by atoms with Crippen molar-refractivity contribution in [2.75, 3.05) is 26.3 Å². The van der Waals surface area contributed by atoms with Gasteiger partial charge in [0.15, 0.2) is 0 Å². The molecule has 0 N–H and O–H groups in total. The van der Waals surface area contributed by atoms with E-state index in [0.717, 1.165) is 25.6 Å². The minimum absolute atomic E-state index is 0.829. The lowest BCUT2D eigenvalue weighted by Crippen LogP contribution is -2.43. The van der Waals surface area contributed by atoms with Crippen LogP contribution in [-0.2, 0) is 12.8 Å². The third-order valence-electron chi connectivity index (χ3n) is 5.63. The number of piperidine rings is 1. The Morgan fingerprint density at radius 3 is 2.22 bits per heavy atom. The zero-order chi connectivity index (χ0) is 18.3. The first-order valence-electron chi connectivity index (χ1n) is 10.1. The average molecular weight is 360 g/mol. The third-order valence-corrected chi connectivity index (χ3v) is 5.63. The summed E-state index contributed by atoms with van der Waals surface area (Å²) in [7, 11) is 0. The second-order valence-corrected chi connectivity index (χ2v) is 7.80. The predicted octanol–water partition coefficient (Wildman–Crippen LogP) is 4.37. The summed E-state index contributed by atoms with van der Waals surface area (Å²) in [5, 5.41) is 0. The van der Waals surface area contributed by atoms with Crippen LogP contribution in [0.15, 0.2) is 78.1 Å². The molecular weight excluding hydrogens is 330 g/mol. The van der Waals surface area contributed by atoms with Gasteiger partial charge in [-0.3, -0.25) is 9.89 Å². The molecule has 0 amide bonds. The first kappa shape index (κ1) is 18.0. The molecule has 140 valence electrons. The lowest BCUT2D eigenvalue weighted by atomic mass is 9.90. The SMILES string of the molecule is C1=CN(CN2CCC(Cc3ccccc3)CC2)CC(Cc2ccccc2)=N1. The highest BCUT2D eigenvalue weighted by atomic mass is 15.3. The highest BCUT2D eigenvalue weighted by Crippen LogP contribution is 2.22. The Morgan fingerprint density at radius 2 is 1.52 bits per heavy atom. The molecule has 2 aromatic carbocycles. The van der Waals surface area contributed by atoms with E-state index in [-0.39, 0.29) is 0 Å². The van der Waals surface area contributed by atoms with Crippen LogP contribution in [0.5, 0.6) is 0 Å². The van der Waals surface area contributed by atoms with Crippen molar-refractivity contribution in [3.63, 3.8) is 0 Å². The number of hydrogen-bond acceptors (Lipinski definition) is 3. The summed E-state index contributed by atoms with van der Waals surface area (Å²) in [5.74, 6) is 0.829. The van der Waals surface area contributed by atoms with Gasteiger partial charge in [0.2, 0.25) is 0 Å². The van der Waals surface area contributed by atoms with Gasteiger partial charge in [-0.25, -0.2) is 0 Å². The second-order valence-electron chi connectivity index (χ2n) is 7.80. The number of benzene rings is 2. The normalized spacial score (nSPS) is 18.5. The molecule has 1 fully saturated rings. The Hall–Kier alpha value is -2.39. The van der Waals surface area contributed by atoms with Gasteiger partial charge in [-0.1, -0.05) is 60.7 Å². The number of rotatable bonds is 6. The number of hydrogen-bond donors (Lipinski definition) is 0. The van der Waals surface area contributed by atoms with Gasteiger partial charge >= 0.3 is 0 Å². The second kappa shape index (κ2) is 9.01. The Kier molecular flexibility index (Phi) is 6.00. The van der Waals surface area contributed by atoms with Crippen LogP contribution in [0, 0.1) is 5.92 Å². The summed E-state index contributed by atoms with van der Waals surface area (Å²) in [5.41, 5.74) is 4.08. The molecule has 0 bridgehead atoms. The quantitative estimate of drug-likeness (QED) is 0.763. The fourth-order valence-electron chi connectivity index (χ4n) is 4.13. The average Bonchev–Trinajstić information content (AvgIpc) is 2.71. The summed E-state index contributed by atoms with van der Waals surface area (Å²) in [4.78, 5) is 9.60. The lowest BCUT2D eigenvalue weighted by molar-refractivity contribution is 0.128. The molecule has 3 heteroatoms. The van der Waals surface area contributed by atoms with Crippen LogP contribution in [0.2, 0.25) is 0 Å². The fourth-order valence-corrected chi connectivity index (χ4v) is 4.13. The first-order chi connectivity index (χ1) is 13.3. The van der Waals surface area contributed by atoms with E-state index in [4.69, 9.17) is 0 Å². The molecule has 0 aromatic heterocycles. The Morgan fingerprint density at radius 1 is 0.852 bits per heavy atom. The standard InChI is InChI=1S/C24H29N3/c1-3-7-21(8-4-1)17-23-11-14-26(15-12-23)20-27-16-13-25-24(19-27)18-22-9-5-2-6-10-22/h1-10,13,16,23H,11-12,14-15,17-20H2. The molecule has 0 unspecified atom stereocenters. The minimum atomic E-state index is 0.829. The molecule has 1 saturated heterocycles. The van der Waals surface area contributed by atoms with E-state index in [1.807, 2.05) is 6.20 Å². The largest absolute Gasteiger partial charge is 0.358 e. The van der Waals surface area contributed by atoms with Crippen molar-refractivity contribution >= 4 is 5.71 Å². The van der Waals surface area contributed by atoms with Gasteiger partial charge in [-0.15, -0.1) is 0 Å². The van der Waals surface area contributed by atoms with Crippen molar-refractivity contribution in [1.82, 2.24) is 9.80 Å². The third kappa shape index (κ3) is 5.30. The van der Waals surface area contributed by atoms with Gasteiger partial charge < -0.3 is 4.90 Å². The molecule has 2 aliphatic heterocycles. The molecule has 0 saturated carbocycles. The van der Waals surface area contributed by atoms with Crippen LogP contribution in [-0.4, -0.2) is 41.8 Å². The van der Waals surface area contributed by atoms with Crippen molar-refractivity contribution in [2.45, 2.75) is 25.7 Å². The monoisotopic (exact) mass is 359 g/mol. The fraction of sp³-hybridized carbons (Fsp3) is 0.375. The molecule has 4 rings (SSSR count). The lowest BCUT2D eigenvalue weighted by Gasteiger charge is -2.36. The summed E-state index contributed by atoms with van der Waals surface area (Å²) in [6.07, 6.45) is 8.89. The van der Waals surface area contributed by atoms with Crippen LogP contribution < -0.4 is 0 Å². The highest BCUT2D eigenvalue weighted by Gasteiger charge is 2.21. The summed E-state index contributed by atoms with van der Waals surface area (Å²) >= 11 is 0. The number of likely N-dealkylation sites (tertiary alicyclic amines) is 1. The van der Waals surface area contributed by atoms with Crippen LogP contribution in [0.4, 0.5) is 0 Å².